The fourth-order valence-corrected chi connectivity index (χ4v) is 2.69. The monoisotopic (exact) mass is 288 g/mol. The van der Waals surface area contributed by atoms with E-state index in [9.17, 15) is 10.1 Å². The van der Waals surface area contributed by atoms with Gasteiger partial charge in [-0.2, -0.15) is 0 Å². The lowest BCUT2D eigenvalue weighted by atomic mass is 10.2. The molecule has 0 amide bonds. The Balaban J connectivity index is 2.12. The highest BCUT2D eigenvalue weighted by molar-refractivity contribution is 7.99. The Morgan fingerprint density at radius 1 is 1.15 bits per heavy atom. The van der Waals surface area contributed by atoms with Gasteiger partial charge in [-0.1, -0.05) is 43.0 Å². The molecule has 0 aliphatic heterocycles. The summed E-state index contributed by atoms with van der Waals surface area (Å²) in [5, 5.41) is 14.2. The van der Waals surface area contributed by atoms with Crippen LogP contribution in [0.1, 0.15) is 12.5 Å². The van der Waals surface area contributed by atoms with Crippen molar-refractivity contribution in [1.82, 2.24) is 5.32 Å². The van der Waals surface area contributed by atoms with Gasteiger partial charge in [0.1, 0.15) is 0 Å². The molecule has 0 atom stereocenters. The minimum Gasteiger partial charge on any atom is -0.313 e. The maximum absolute atomic E-state index is 11.0. The van der Waals surface area contributed by atoms with Crippen LogP contribution in [0.5, 0.6) is 0 Å². The largest absolute Gasteiger partial charge is 0.313 e. The van der Waals surface area contributed by atoms with Crippen molar-refractivity contribution in [3.8, 4) is 0 Å². The molecule has 5 heteroatoms. The summed E-state index contributed by atoms with van der Waals surface area (Å²) < 4.78 is 0. The fourth-order valence-electron chi connectivity index (χ4n) is 1.77. The Hall–Kier alpha value is -1.85. The summed E-state index contributed by atoms with van der Waals surface area (Å²) in [6, 6.07) is 14.9. The molecule has 4 nitrogen and oxygen atoms in total. The van der Waals surface area contributed by atoms with E-state index in [4.69, 9.17) is 0 Å². The van der Waals surface area contributed by atoms with Gasteiger partial charge in [0.15, 0.2) is 0 Å². The van der Waals surface area contributed by atoms with Crippen molar-refractivity contribution >= 4 is 17.4 Å². The number of nitro groups is 1. The van der Waals surface area contributed by atoms with Crippen molar-refractivity contribution in [1.29, 1.82) is 0 Å². The van der Waals surface area contributed by atoms with E-state index in [-0.39, 0.29) is 10.6 Å². The van der Waals surface area contributed by atoms with Crippen LogP contribution < -0.4 is 5.32 Å². The number of para-hydroxylation sites is 1. The van der Waals surface area contributed by atoms with Crippen LogP contribution in [0.25, 0.3) is 0 Å². The summed E-state index contributed by atoms with van der Waals surface area (Å²) in [7, 11) is 0. The molecule has 0 bridgehead atoms. The molecule has 2 rings (SSSR count). The number of hydrogen-bond acceptors (Lipinski definition) is 4. The van der Waals surface area contributed by atoms with Crippen LogP contribution in [0.15, 0.2) is 58.3 Å². The highest BCUT2D eigenvalue weighted by Gasteiger charge is 2.13. The predicted molar refractivity (Wildman–Crippen MR) is 81.0 cm³/mol. The van der Waals surface area contributed by atoms with Gasteiger partial charge in [-0.25, -0.2) is 0 Å². The molecule has 0 heterocycles. The third-order valence-corrected chi connectivity index (χ3v) is 3.87. The average molecular weight is 288 g/mol. The lowest BCUT2D eigenvalue weighted by molar-refractivity contribution is -0.387. The van der Waals surface area contributed by atoms with E-state index in [1.165, 1.54) is 23.4 Å². The Kier molecular flexibility index (Phi) is 5.15. The Morgan fingerprint density at radius 2 is 1.85 bits per heavy atom. The number of nitro benzene ring substituents is 1. The van der Waals surface area contributed by atoms with E-state index in [2.05, 4.69) is 12.2 Å². The van der Waals surface area contributed by atoms with E-state index in [0.717, 1.165) is 18.0 Å². The molecule has 0 aliphatic rings. The van der Waals surface area contributed by atoms with Gasteiger partial charge in [0, 0.05) is 17.5 Å². The minimum atomic E-state index is -0.345. The molecule has 0 unspecified atom stereocenters. The van der Waals surface area contributed by atoms with E-state index in [1.807, 2.05) is 30.3 Å². The number of benzene rings is 2. The Labute approximate surface area is 122 Å². The first-order chi connectivity index (χ1) is 9.70. The number of nitrogens with zero attached hydrogens (tertiary/aromatic N) is 1. The summed E-state index contributed by atoms with van der Waals surface area (Å²) >= 11 is 1.41. The van der Waals surface area contributed by atoms with Crippen molar-refractivity contribution < 1.29 is 4.92 Å². The topological polar surface area (TPSA) is 55.2 Å². The van der Waals surface area contributed by atoms with Crippen LogP contribution >= 0.6 is 11.8 Å². The van der Waals surface area contributed by atoms with Crippen molar-refractivity contribution in [3.63, 3.8) is 0 Å². The maximum atomic E-state index is 11.0. The van der Waals surface area contributed by atoms with Crippen molar-refractivity contribution in [2.45, 2.75) is 23.3 Å². The van der Waals surface area contributed by atoms with Gasteiger partial charge in [0.05, 0.1) is 9.82 Å². The van der Waals surface area contributed by atoms with Crippen LogP contribution in [0.4, 0.5) is 5.69 Å². The van der Waals surface area contributed by atoms with Gasteiger partial charge < -0.3 is 5.32 Å². The third kappa shape index (κ3) is 3.82. The van der Waals surface area contributed by atoms with Gasteiger partial charge >= 0.3 is 0 Å². The first-order valence-corrected chi connectivity index (χ1v) is 7.23. The molecule has 0 radical (unpaired) electrons. The molecule has 0 spiro atoms. The second-order valence-electron chi connectivity index (χ2n) is 4.25. The van der Waals surface area contributed by atoms with Crippen LogP contribution in [0, 0.1) is 10.1 Å². The van der Waals surface area contributed by atoms with E-state index in [0.29, 0.717) is 4.90 Å². The maximum Gasteiger partial charge on any atom is 0.283 e. The predicted octanol–water partition coefficient (Wildman–Crippen LogP) is 3.86. The molecule has 0 aliphatic carbocycles. The molecule has 104 valence electrons. The first kappa shape index (κ1) is 14.6. The van der Waals surface area contributed by atoms with Gasteiger partial charge in [0.25, 0.3) is 5.69 Å². The normalized spacial score (nSPS) is 10.4. The first-order valence-electron chi connectivity index (χ1n) is 6.41. The fraction of sp³-hybridized carbons (Fsp3) is 0.200. The molecule has 2 aromatic rings. The standard InChI is InChI=1S/C15H16N2O2S/c1-2-16-11-12-7-9-13(10-8-12)20-15-6-4-3-5-14(15)17(18)19/h3-10,16H,2,11H2,1H3. The SMILES string of the molecule is CCNCc1ccc(Sc2ccccc2[N+](=O)[O-])cc1. The Bertz CT molecular complexity index is 585. The summed E-state index contributed by atoms with van der Waals surface area (Å²) in [5.74, 6) is 0. The zero-order chi connectivity index (χ0) is 14.4. The summed E-state index contributed by atoms with van der Waals surface area (Å²) in [4.78, 5) is 12.3. The Morgan fingerprint density at radius 3 is 2.50 bits per heavy atom. The molecule has 2 aromatic carbocycles. The quantitative estimate of drug-likeness (QED) is 0.648. The van der Waals surface area contributed by atoms with Crippen molar-refractivity contribution in [2.24, 2.45) is 0 Å². The summed E-state index contributed by atoms with van der Waals surface area (Å²) in [5.41, 5.74) is 1.35. The van der Waals surface area contributed by atoms with E-state index < -0.39 is 0 Å². The molecule has 0 fully saturated rings. The molecular formula is C15H16N2O2S. The lowest BCUT2D eigenvalue weighted by Gasteiger charge is -2.05. The lowest BCUT2D eigenvalue weighted by Crippen LogP contribution is -2.11. The molecule has 0 aromatic heterocycles. The van der Waals surface area contributed by atoms with Crippen LogP contribution in [0.2, 0.25) is 0 Å². The molecule has 20 heavy (non-hydrogen) atoms. The third-order valence-electron chi connectivity index (χ3n) is 2.79. The van der Waals surface area contributed by atoms with Gasteiger partial charge in [-0.15, -0.1) is 0 Å². The molecule has 0 saturated heterocycles. The van der Waals surface area contributed by atoms with Gasteiger partial charge in [-0.05, 0) is 30.3 Å². The van der Waals surface area contributed by atoms with E-state index in [1.54, 1.807) is 12.1 Å². The van der Waals surface area contributed by atoms with Crippen LogP contribution in [0.3, 0.4) is 0 Å². The van der Waals surface area contributed by atoms with Crippen LogP contribution in [-0.2, 0) is 6.54 Å². The molecule has 0 saturated carbocycles. The van der Waals surface area contributed by atoms with E-state index >= 15 is 0 Å². The van der Waals surface area contributed by atoms with Gasteiger partial charge in [-0.3, -0.25) is 10.1 Å². The molecule has 1 N–H and O–H groups in total. The zero-order valence-corrected chi connectivity index (χ0v) is 12.0. The minimum absolute atomic E-state index is 0.147. The number of nitrogens with one attached hydrogen (secondary N) is 1. The van der Waals surface area contributed by atoms with Crippen molar-refractivity contribution in [2.75, 3.05) is 6.54 Å². The summed E-state index contributed by atoms with van der Waals surface area (Å²) in [6.45, 7) is 3.85. The second kappa shape index (κ2) is 7.07. The van der Waals surface area contributed by atoms with Crippen molar-refractivity contribution in [3.05, 3.63) is 64.2 Å². The number of rotatable bonds is 6. The zero-order valence-electron chi connectivity index (χ0n) is 11.2. The highest BCUT2D eigenvalue weighted by Crippen LogP contribution is 2.34. The second-order valence-corrected chi connectivity index (χ2v) is 5.37. The smallest absolute Gasteiger partial charge is 0.283 e. The number of hydrogen-bond donors (Lipinski definition) is 1. The summed E-state index contributed by atoms with van der Waals surface area (Å²) in [6.07, 6.45) is 0. The molecular weight excluding hydrogens is 272 g/mol. The average Bonchev–Trinajstić information content (AvgIpc) is 2.47. The highest BCUT2D eigenvalue weighted by atomic mass is 32.2. The van der Waals surface area contributed by atoms with Crippen LogP contribution in [-0.4, -0.2) is 11.5 Å². The van der Waals surface area contributed by atoms with Gasteiger partial charge in [0.2, 0.25) is 0 Å².